The van der Waals surface area contributed by atoms with Gasteiger partial charge in [0.15, 0.2) is 0 Å². The second-order valence-corrected chi connectivity index (χ2v) is 6.54. The molecule has 2 fully saturated rings. The van der Waals surface area contributed by atoms with E-state index >= 15 is 0 Å². The summed E-state index contributed by atoms with van der Waals surface area (Å²) >= 11 is 0. The van der Waals surface area contributed by atoms with E-state index in [1.807, 2.05) is 20.8 Å². The van der Waals surface area contributed by atoms with E-state index in [1.54, 1.807) is 0 Å². The van der Waals surface area contributed by atoms with Crippen molar-refractivity contribution in [2.45, 2.75) is 58.1 Å². The fourth-order valence-corrected chi connectivity index (χ4v) is 2.96. The first-order valence-electron chi connectivity index (χ1n) is 6.44. The van der Waals surface area contributed by atoms with E-state index in [9.17, 15) is 9.59 Å². The van der Waals surface area contributed by atoms with Crippen LogP contribution < -0.4 is 5.32 Å². The Labute approximate surface area is 107 Å². The minimum absolute atomic E-state index is 0.0277. The molecule has 0 saturated heterocycles. The van der Waals surface area contributed by atoms with E-state index in [2.05, 4.69) is 5.32 Å². The van der Waals surface area contributed by atoms with Crippen molar-refractivity contribution in [2.75, 3.05) is 0 Å². The Morgan fingerprint density at radius 2 is 1.94 bits per heavy atom. The number of amides is 1. The highest BCUT2D eigenvalue weighted by molar-refractivity contribution is 5.72. The summed E-state index contributed by atoms with van der Waals surface area (Å²) in [5.74, 6) is -0.947. The van der Waals surface area contributed by atoms with E-state index in [-0.39, 0.29) is 17.4 Å². The van der Waals surface area contributed by atoms with Gasteiger partial charge in [0, 0.05) is 6.04 Å². The largest absolute Gasteiger partial charge is 0.481 e. The molecule has 5 heteroatoms. The van der Waals surface area contributed by atoms with Gasteiger partial charge in [-0.3, -0.25) is 4.79 Å². The molecular formula is C13H21NO4. The maximum atomic E-state index is 11.7. The van der Waals surface area contributed by atoms with Gasteiger partial charge >= 0.3 is 12.1 Å². The van der Waals surface area contributed by atoms with Crippen molar-refractivity contribution in [2.24, 2.45) is 11.3 Å². The molecule has 2 rings (SSSR count). The van der Waals surface area contributed by atoms with Crippen LogP contribution in [0.2, 0.25) is 0 Å². The van der Waals surface area contributed by atoms with E-state index in [0.717, 1.165) is 12.8 Å². The van der Waals surface area contributed by atoms with E-state index in [0.29, 0.717) is 12.8 Å². The molecule has 0 aromatic rings. The Kier molecular flexibility index (Phi) is 3.03. The third-order valence-corrected chi connectivity index (χ3v) is 4.02. The number of rotatable bonds is 2. The van der Waals surface area contributed by atoms with E-state index in [1.165, 1.54) is 0 Å². The molecule has 2 aliphatic carbocycles. The summed E-state index contributed by atoms with van der Waals surface area (Å²) in [7, 11) is 0. The van der Waals surface area contributed by atoms with Crippen LogP contribution in [0, 0.1) is 11.3 Å². The van der Waals surface area contributed by atoms with E-state index < -0.39 is 17.7 Å². The van der Waals surface area contributed by atoms with Crippen LogP contribution in [-0.2, 0) is 9.53 Å². The number of carboxylic acid groups (broad SMARTS) is 1. The average molecular weight is 255 g/mol. The summed E-state index contributed by atoms with van der Waals surface area (Å²) in [5, 5.41) is 11.8. The zero-order valence-corrected chi connectivity index (χ0v) is 11.2. The van der Waals surface area contributed by atoms with Gasteiger partial charge in [-0.15, -0.1) is 0 Å². The molecule has 102 valence electrons. The third kappa shape index (κ3) is 2.44. The van der Waals surface area contributed by atoms with E-state index in [4.69, 9.17) is 9.84 Å². The molecular weight excluding hydrogens is 234 g/mol. The van der Waals surface area contributed by atoms with Crippen LogP contribution in [0.5, 0.6) is 0 Å². The zero-order chi connectivity index (χ0) is 13.6. The molecule has 2 aliphatic rings. The predicted octanol–water partition coefficient (Wildman–Crippen LogP) is 2.15. The first-order valence-corrected chi connectivity index (χ1v) is 6.44. The van der Waals surface area contributed by atoms with Gasteiger partial charge in [-0.25, -0.2) is 4.79 Å². The molecule has 0 aromatic heterocycles. The van der Waals surface area contributed by atoms with Gasteiger partial charge in [0.2, 0.25) is 0 Å². The molecule has 0 unspecified atom stereocenters. The second-order valence-electron chi connectivity index (χ2n) is 6.54. The van der Waals surface area contributed by atoms with Gasteiger partial charge in [0.1, 0.15) is 5.60 Å². The van der Waals surface area contributed by atoms with Crippen LogP contribution >= 0.6 is 0 Å². The number of carbonyl (C=O) groups excluding carboxylic acids is 1. The van der Waals surface area contributed by atoms with Crippen LogP contribution in [0.25, 0.3) is 0 Å². The average Bonchev–Trinajstić information content (AvgIpc) is 2.06. The first kappa shape index (κ1) is 13.2. The lowest BCUT2D eigenvalue weighted by molar-refractivity contribution is -0.157. The molecule has 0 bridgehead atoms. The smallest absolute Gasteiger partial charge is 0.407 e. The Bertz CT molecular complexity index is 366. The number of alkyl carbamates (subject to hydrolysis) is 1. The number of aliphatic carboxylic acids is 1. The summed E-state index contributed by atoms with van der Waals surface area (Å²) in [6.07, 6.45) is 2.90. The number of ether oxygens (including phenoxy) is 1. The van der Waals surface area contributed by atoms with Crippen molar-refractivity contribution in [3.8, 4) is 0 Å². The molecule has 2 saturated carbocycles. The van der Waals surface area contributed by atoms with Gasteiger partial charge in [-0.2, -0.15) is 0 Å². The molecule has 18 heavy (non-hydrogen) atoms. The van der Waals surface area contributed by atoms with Crippen LogP contribution in [0.4, 0.5) is 4.79 Å². The molecule has 1 spiro atoms. The van der Waals surface area contributed by atoms with Gasteiger partial charge in [0.05, 0.1) is 5.92 Å². The van der Waals surface area contributed by atoms with Crippen molar-refractivity contribution in [1.29, 1.82) is 0 Å². The Balaban J connectivity index is 1.82. The minimum Gasteiger partial charge on any atom is -0.481 e. The van der Waals surface area contributed by atoms with Gasteiger partial charge in [-0.1, -0.05) is 0 Å². The number of carbonyl (C=O) groups is 2. The van der Waals surface area contributed by atoms with Crippen LogP contribution in [0.15, 0.2) is 0 Å². The lowest BCUT2D eigenvalue weighted by Gasteiger charge is -2.58. The summed E-state index contributed by atoms with van der Waals surface area (Å²) in [5.41, 5.74) is -0.468. The molecule has 0 radical (unpaired) electrons. The number of carboxylic acids is 1. The maximum absolute atomic E-state index is 11.7. The lowest BCUT2D eigenvalue weighted by atomic mass is 9.49. The zero-order valence-electron chi connectivity index (χ0n) is 11.2. The summed E-state index contributed by atoms with van der Waals surface area (Å²) in [6.45, 7) is 5.48. The van der Waals surface area contributed by atoms with Crippen molar-refractivity contribution in [3.05, 3.63) is 0 Å². The van der Waals surface area contributed by atoms with Crippen molar-refractivity contribution in [1.82, 2.24) is 5.32 Å². The third-order valence-electron chi connectivity index (χ3n) is 4.02. The van der Waals surface area contributed by atoms with Crippen LogP contribution in [0.3, 0.4) is 0 Å². The maximum Gasteiger partial charge on any atom is 0.407 e. The standard InChI is InChI=1S/C13H21NO4/c1-12(2,3)18-11(17)14-9-4-5-13(9)6-8(7-13)10(15)16/h8-9H,4-7H2,1-3H3,(H,14,17)(H,15,16)/t8?,9-,13?/m1/s1. The summed E-state index contributed by atoms with van der Waals surface area (Å²) in [4.78, 5) is 22.5. The Morgan fingerprint density at radius 1 is 1.33 bits per heavy atom. The second kappa shape index (κ2) is 4.14. The number of nitrogens with one attached hydrogen (secondary N) is 1. The molecule has 0 aromatic carbocycles. The number of hydrogen-bond donors (Lipinski definition) is 2. The first-order chi connectivity index (χ1) is 8.22. The highest BCUT2D eigenvalue weighted by Crippen LogP contribution is 2.58. The van der Waals surface area contributed by atoms with Crippen molar-refractivity contribution < 1.29 is 19.4 Å². The van der Waals surface area contributed by atoms with Gasteiger partial charge < -0.3 is 15.2 Å². The predicted molar refractivity (Wildman–Crippen MR) is 65.2 cm³/mol. The molecule has 1 atom stereocenters. The lowest BCUT2D eigenvalue weighted by Crippen LogP contribution is -2.62. The highest BCUT2D eigenvalue weighted by Gasteiger charge is 2.57. The van der Waals surface area contributed by atoms with Gasteiger partial charge in [-0.05, 0) is 51.9 Å². The van der Waals surface area contributed by atoms with Crippen LogP contribution in [0.1, 0.15) is 46.5 Å². The molecule has 2 N–H and O–H groups in total. The topological polar surface area (TPSA) is 75.6 Å². The SMILES string of the molecule is CC(C)(C)OC(=O)N[C@@H]1CCC12CC(C(=O)O)C2. The van der Waals surface area contributed by atoms with Gasteiger partial charge in [0.25, 0.3) is 0 Å². The number of hydrogen-bond acceptors (Lipinski definition) is 3. The van der Waals surface area contributed by atoms with Crippen molar-refractivity contribution >= 4 is 12.1 Å². The fraction of sp³-hybridized carbons (Fsp3) is 0.846. The molecule has 1 amide bonds. The Hall–Kier alpha value is -1.26. The summed E-state index contributed by atoms with van der Waals surface area (Å²) in [6, 6.07) is 0.0861. The molecule has 0 aliphatic heterocycles. The minimum atomic E-state index is -0.719. The van der Waals surface area contributed by atoms with Crippen LogP contribution in [-0.4, -0.2) is 28.8 Å². The quantitative estimate of drug-likeness (QED) is 0.792. The molecule has 5 nitrogen and oxygen atoms in total. The molecule has 0 heterocycles. The normalized spacial score (nSPS) is 34.4. The monoisotopic (exact) mass is 255 g/mol. The van der Waals surface area contributed by atoms with Crippen molar-refractivity contribution in [3.63, 3.8) is 0 Å². The highest BCUT2D eigenvalue weighted by atomic mass is 16.6. The summed E-state index contributed by atoms with van der Waals surface area (Å²) < 4.78 is 5.21. The Morgan fingerprint density at radius 3 is 2.33 bits per heavy atom. The fourth-order valence-electron chi connectivity index (χ4n) is 2.96.